The Morgan fingerprint density at radius 1 is 0.897 bits per heavy atom. The van der Waals surface area contributed by atoms with Crippen molar-refractivity contribution in [3.05, 3.63) is 64.7 Å². The Balaban J connectivity index is 1.43. The van der Waals surface area contributed by atoms with Gasteiger partial charge in [-0.2, -0.15) is 0 Å². The standard InChI is InChI=1S/C22H24N4O3/c23-22(24)26-12-9-15-7-8-19(13-18(15)14-26)29-21(28)17-5-3-16(4-6-17)20(27)25-10-1-2-11-25/h3-8,13H,1-2,9-12,14H2,(H3,23,24). The highest BCUT2D eigenvalue weighted by Crippen LogP contribution is 2.24. The van der Waals surface area contributed by atoms with Crippen molar-refractivity contribution in [1.82, 2.24) is 9.80 Å². The molecule has 0 bridgehead atoms. The smallest absolute Gasteiger partial charge is 0.343 e. The maximum atomic E-state index is 12.5. The first-order valence-electron chi connectivity index (χ1n) is 9.83. The zero-order chi connectivity index (χ0) is 20.4. The minimum absolute atomic E-state index is 0.00660. The van der Waals surface area contributed by atoms with Gasteiger partial charge in [0.05, 0.1) is 5.56 Å². The van der Waals surface area contributed by atoms with Crippen LogP contribution >= 0.6 is 0 Å². The minimum atomic E-state index is -0.468. The lowest BCUT2D eigenvalue weighted by molar-refractivity contribution is 0.0731. The molecule has 0 radical (unpaired) electrons. The van der Waals surface area contributed by atoms with E-state index in [9.17, 15) is 9.59 Å². The number of esters is 1. The molecule has 150 valence electrons. The van der Waals surface area contributed by atoms with Gasteiger partial charge in [-0.3, -0.25) is 10.2 Å². The Labute approximate surface area is 169 Å². The van der Waals surface area contributed by atoms with E-state index in [1.165, 1.54) is 5.56 Å². The molecule has 2 aliphatic heterocycles. The molecule has 0 aromatic heterocycles. The highest BCUT2D eigenvalue weighted by molar-refractivity contribution is 5.96. The molecule has 0 unspecified atom stereocenters. The fraction of sp³-hybridized carbons (Fsp3) is 0.318. The van der Waals surface area contributed by atoms with Crippen LogP contribution in [-0.4, -0.2) is 47.3 Å². The van der Waals surface area contributed by atoms with Gasteiger partial charge in [0.1, 0.15) is 5.75 Å². The number of nitrogens with zero attached hydrogens (tertiary/aromatic N) is 2. The highest BCUT2D eigenvalue weighted by Gasteiger charge is 2.21. The van der Waals surface area contributed by atoms with Crippen LogP contribution in [0.2, 0.25) is 0 Å². The summed E-state index contributed by atoms with van der Waals surface area (Å²) >= 11 is 0. The van der Waals surface area contributed by atoms with Gasteiger partial charge in [-0.25, -0.2) is 4.79 Å². The molecule has 2 aromatic rings. The van der Waals surface area contributed by atoms with Crippen LogP contribution in [0.3, 0.4) is 0 Å². The van der Waals surface area contributed by atoms with Gasteiger partial charge >= 0.3 is 5.97 Å². The average Bonchev–Trinajstić information content (AvgIpc) is 3.27. The lowest BCUT2D eigenvalue weighted by Gasteiger charge is -2.29. The van der Waals surface area contributed by atoms with E-state index < -0.39 is 5.97 Å². The minimum Gasteiger partial charge on any atom is -0.423 e. The van der Waals surface area contributed by atoms with Crippen molar-refractivity contribution < 1.29 is 14.3 Å². The molecule has 29 heavy (non-hydrogen) atoms. The molecule has 1 fully saturated rings. The Kier molecular flexibility index (Phi) is 5.20. The summed E-state index contributed by atoms with van der Waals surface area (Å²) in [5.41, 5.74) is 8.74. The van der Waals surface area contributed by atoms with Crippen LogP contribution in [0.15, 0.2) is 42.5 Å². The normalized spacial score (nSPS) is 15.7. The van der Waals surface area contributed by atoms with Crippen LogP contribution in [0, 0.1) is 5.41 Å². The Hall–Kier alpha value is -3.35. The van der Waals surface area contributed by atoms with Crippen molar-refractivity contribution in [3.8, 4) is 5.75 Å². The van der Waals surface area contributed by atoms with Crippen molar-refractivity contribution in [2.24, 2.45) is 5.73 Å². The number of carbonyl (C=O) groups is 2. The van der Waals surface area contributed by atoms with E-state index in [1.54, 1.807) is 35.2 Å². The molecule has 0 atom stereocenters. The maximum absolute atomic E-state index is 12.5. The first-order valence-corrected chi connectivity index (χ1v) is 9.83. The molecule has 2 aliphatic rings. The van der Waals surface area contributed by atoms with Gasteiger partial charge in [0.25, 0.3) is 5.91 Å². The molecule has 4 rings (SSSR count). The summed E-state index contributed by atoms with van der Waals surface area (Å²) in [5, 5.41) is 7.60. The summed E-state index contributed by atoms with van der Waals surface area (Å²) in [6, 6.07) is 12.2. The van der Waals surface area contributed by atoms with E-state index in [1.807, 2.05) is 17.0 Å². The number of ether oxygens (including phenoxy) is 1. The Morgan fingerprint density at radius 2 is 1.59 bits per heavy atom. The van der Waals surface area contributed by atoms with E-state index in [-0.39, 0.29) is 11.9 Å². The van der Waals surface area contributed by atoms with Crippen LogP contribution in [0.1, 0.15) is 44.7 Å². The number of amides is 1. The number of likely N-dealkylation sites (tertiary alicyclic amines) is 1. The van der Waals surface area contributed by atoms with Gasteiger partial charge < -0.3 is 20.3 Å². The molecule has 2 aromatic carbocycles. The molecule has 1 amide bonds. The van der Waals surface area contributed by atoms with Gasteiger partial charge in [-0.1, -0.05) is 6.07 Å². The number of benzene rings is 2. The van der Waals surface area contributed by atoms with Crippen LogP contribution in [-0.2, 0) is 13.0 Å². The van der Waals surface area contributed by atoms with Gasteiger partial charge in [0, 0.05) is 31.7 Å². The highest BCUT2D eigenvalue weighted by atomic mass is 16.5. The SMILES string of the molecule is N=C(N)N1CCc2ccc(OC(=O)c3ccc(C(=O)N4CCCC4)cc3)cc2C1. The number of hydrogen-bond donors (Lipinski definition) is 2. The molecular weight excluding hydrogens is 368 g/mol. The Bertz CT molecular complexity index is 949. The average molecular weight is 392 g/mol. The van der Waals surface area contributed by atoms with Gasteiger partial charge in [-0.05, 0) is 66.8 Å². The zero-order valence-corrected chi connectivity index (χ0v) is 16.2. The first-order chi connectivity index (χ1) is 14.0. The second kappa shape index (κ2) is 7.95. The fourth-order valence-electron chi connectivity index (χ4n) is 3.82. The van der Waals surface area contributed by atoms with Gasteiger partial charge in [-0.15, -0.1) is 0 Å². The monoisotopic (exact) mass is 392 g/mol. The van der Waals surface area contributed by atoms with E-state index >= 15 is 0 Å². The van der Waals surface area contributed by atoms with Crippen LogP contribution in [0.5, 0.6) is 5.75 Å². The van der Waals surface area contributed by atoms with Crippen molar-refractivity contribution in [3.63, 3.8) is 0 Å². The lowest BCUT2D eigenvalue weighted by Crippen LogP contribution is -2.40. The maximum Gasteiger partial charge on any atom is 0.343 e. The largest absolute Gasteiger partial charge is 0.423 e. The van der Waals surface area contributed by atoms with E-state index in [2.05, 4.69) is 0 Å². The number of hydrogen-bond acceptors (Lipinski definition) is 4. The molecule has 0 spiro atoms. The lowest BCUT2D eigenvalue weighted by atomic mass is 10.00. The van der Waals surface area contributed by atoms with E-state index in [4.69, 9.17) is 15.9 Å². The molecule has 7 heteroatoms. The zero-order valence-electron chi connectivity index (χ0n) is 16.2. The number of nitrogens with one attached hydrogen (secondary N) is 1. The fourth-order valence-corrected chi connectivity index (χ4v) is 3.82. The third-order valence-corrected chi connectivity index (χ3v) is 5.50. The molecule has 0 aliphatic carbocycles. The van der Waals surface area contributed by atoms with Gasteiger partial charge in [0.2, 0.25) is 0 Å². The van der Waals surface area contributed by atoms with Crippen molar-refractivity contribution >= 4 is 17.8 Å². The quantitative estimate of drug-likeness (QED) is 0.362. The third-order valence-electron chi connectivity index (χ3n) is 5.50. The van der Waals surface area contributed by atoms with Gasteiger partial charge in [0.15, 0.2) is 5.96 Å². The van der Waals surface area contributed by atoms with Crippen molar-refractivity contribution in [1.29, 1.82) is 5.41 Å². The summed E-state index contributed by atoms with van der Waals surface area (Å²) in [5.74, 6) is 0.0365. The summed E-state index contributed by atoms with van der Waals surface area (Å²) in [6.45, 7) is 2.83. The number of carbonyl (C=O) groups excluding carboxylic acids is 2. The van der Waals surface area contributed by atoms with Crippen LogP contribution in [0.4, 0.5) is 0 Å². The first kappa shape index (κ1) is 19.0. The second-order valence-corrected chi connectivity index (χ2v) is 7.45. The van der Waals surface area contributed by atoms with Crippen molar-refractivity contribution in [2.75, 3.05) is 19.6 Å². The summed E-state index contributed by atoms with van der Waals surface area (Å²) in [6.07, 6.45) is 2.89. The molecule has 2 heterocycles. The molecule has 1 saturated heterocycles. The summed E-state index contributed by atoms with van der Waals surface area (Å²) < 4.78 is 5.52. The molecule has 0 saturated carbocycles. The topological polar surface area (TPSA) is 99.7 Å². The second-order valence-electron chi connectivity index (χ2n) is 7.45. The van der Waals surface area contributed by atoms with Crippen LogP contribution in [0.25, 0.3) is 0 Å². The Morgan fingerprint density at radius 3 is 2.28 bits per heavy atom. The molecule has 3 N–H and O–H groups in total. The summed E-state index contributed by atoms with van der Waals surface area (Å²) in [7, 11) is 0. The van der Waals surface area contributed by atoms with Crippen molar-refractivity contribution in [2.45, 2.75) is 25.8 Å². The number of fused-ring (bicyclic) bond motifs is 1. The van der Waals surface area contributed by atoms with E-state index in [0.717, 1.165) is 37.9 Å². The van der Waals surface area contributed by atoms with Crippen LogP contribution < -0.4 is 10.5 Å². The number of nitrogens with two attached hydrogens (primary N) is 1. The van der Waals surface area contributed by atoms with E-state index in [0.29, 0.717) is 30.0 Å². The summed E-state index contributed by atoms with van der Waals surface area (Å²) in [4.78, 5) is 28.5. The molecule has 7 nitrogen and oxygen atoms in total. The predicted molar refractivity (Wildman–Crippen MR) is 109 cm³/mol. The molecular formula is C22H24N4O3. The number of rotatable bonds is 3. The number of guanidine groups is 1. The predicted octanol–water partition coefficient (Wildman–Crippen LogP) is 2.39. The third kappa shape index (κ3) is 4.08.